The Bertz CT molecular complexity index is 845. The van der Waals surface area contributed by atoms with E-state index in [-0.39, 0.29) is 11.5 Å². The molecular formula is C27H38O4. The van der Waals surface area contributed by atoms with Crippen molar-refractivity contribution in [2.75, 3.05) is 6.61 Å². The average molecular weight is 427 g/mol. The third kappa shape index (κ3) is 5.59. The first-order valence-corrected chi connectivity index (χ1v) is 11.5. The van der Waals surface area contributed by atoms with Crippen LogP contribution in [0, 0.1) is 23.2 Å². The first-order valence-electron chi connectivity index (χ1n) is 11.5. The number of aliphatic hydroxyl groups excluding tert-OH is 2. The van der Waals surface area contributed by atoms with Gasteiger partial charge in [0.1, 0.15) is 12.2 Å². The minimum atomic E-state index is -0.996. The van der Waals surface area contributed by atoms with Gasteiger partial charge < -0.3 is 20.1 Å². The topological polar surface area (TPSA) is 69.9 Å². The van der Waals surface area contributed by atoms with E-state index >= 15 is 0 Å². The Balaban J connectivity index is 1.71. The first-order chi connectivity index (χ1) is 14.5. The molecule has 0 aromatic heterocycles. The summed E-state index contributed by atoms with van der Waals surface area (Å²) in [5.74, 6) is 6.18. The SMILES string of the molecule is C=C1/C(=C\C=C2/CCC[C@]3(C)C(C(C)OCC#CC(C)(C)O)=CC[C@@H]23)C[C@@H](O)C[C@@H]1O. The lowest BCUT2D eigenvalue weighted by atomic mass is 9.63. The minimum Gasteiger partial charge on any atom is -0.393 e. The standard InChI is InChI=1S/C27H38O4/c1-18-21(16-22(28)17-25(18)29)10-9-20-8-6-14-27(5)23(11-12-24(20)27)19(2)31-15-7-13-26(3,4)30/h9-11,19,22,24-25,28-30H,1,6,8,12,14-17H2,2-5H3/b20-9+,21-10-/t19?,22-,24+,25+,27-/m1/s1. The van der Waals surface area contributed by atoms with E-state index < -0.39 is 17.8 Å². The Labute approximate surface area is 187 Å². The molecule has 3 N–H and O–H groups in total. The van der Waals surface area contributed by atoms with Crippen LogP contribution in [0.5, 0.6) is 0 Å². The fraction of sp³-hybridized carbons (Fsp3) is 0.630. The molecule has 5 atom stereocenters. The lowest BCUT2D eigenvalue weighted by Gasteiger charge is -2.42. The second-order valence-corrected chi connectivity index (χ2v) is 10.1. The number of rotatable bonds is 4. The summed E-state index contributed by atoms with van der Waals surface area (Å²) in [6, 6.07) is 0. The fourth-order valence-electron chi connectivity index (χ4n) is 5.46. The van der Waals surface area contributed by atoms with Crippen molar-refractivity contribution in [3.63, 3.8) is 0 Å². The molecule has 0 radical (unpaired) electrons. The summed E-state index contributed by atoms with van der Waals surface area (Å²) in [5.41, 5.74) is 3.56. The first kappa shape index (κ1) is 24.0. The zero-order valence-corrected chi connectivity index (χ0v) is 19.4. The molecule has 31 heavy (non-hydrogen) atoms. The van der Waals surface area contributed by atoms with Crippen molar-refractivity contribution in [1.82, 2.24) is 0 Å². The van der Waals surface area contributed by atoms with Crippen LogP contribution in [0.1, 0.15) is 66.2 Å². The van der Waals surface area contributed by atoms with E-state index in [9.17, 15) is 15.3 Å². The second-order valence-electron chi connectivity index (χ2n) is 10.1. The van der Waals surface area contributed by atoms with Crippen LogP contribution < -0.4 is 0 Å². The number of fused-ring (bicyclic) bond motifs is 1. The highest BCUT2D eigenvalue weighted by Crippen LogP contribution is 2.55. The summed E-state index contributed by atoms with van der Waals surface area (Å²) in [6.07, 6.45) is 10.8. The Morgan fingerprint density at radius 2 is 2.10 bits per heavy atom. The molecule has 3 aliphatic carbocycles. The van der Waals surface area contributed by atoms with Crippen molar-refractivity contribution in [3.05, 3.63) is 47.1 Å². The smallest absolute Gasteiger partial charge is 0.120 e. The number of ether oxygens (including phenoxy) is 1. The number of allylic oxidation sites excluding steroid dienone is 4. The fourth-order valence-corrected chi connectivity index (χ4v) is 5.46. The van der Waals surface area contributed by atoms with E-state index in [4.69, 9.17) is 4.74 Å². The van der Waals surface area contributed by atoms with Crippen LogP contribution >= 0.6 is 0 Å². The maximum Gasteiger partial charge on any atom is 0.120 e. The van der Waals surface area contributed by atoms with E-state index in [0.717, 1.165) is 36.8 Å². The largest absolute Gasteiger partial charge is 0.393 e. The minimum absolute atomic E-state index is 0.00720. The van der Waals surface area contributed by atoms with E-state index in [1.54, 1.807) is 13.8 Å². The van der Waals surface area contributed by atoms with Gasteiger partial charge in [-0.3, -0.25) is 0 Å². The van der Waals surface area contributed by atoms with Gasteiger partial charge >= 0.3 is 0 Å². The van der Waals surface area contributed by atoms with E-state index in [1.165, 1.54) is 11.1 Å². The molecule has 3 rings (SSSR count). The number of aliphatic hydroxyl groups is 3. The molecule has 4 nitrogen and oxygen atoms in total. The summed E-state index contributed by atoms with van der Waals surface area (Å²) in [7, 11) is 0. The van der Waals surface area contributed by atoms with Crippen LogP contribution in [0.15, 0.2) is 47.1 Å². The molecule has 0 aliphatic heterocycles. The average Bonchev–Trinajstić information content (AvgIpc) is 3.03. The van der Waals surface area contributed by atoms with Crippen LogP contribution in [0.3, 0.4) is 0 Å². The quantitative estimate of drug-likeness (QED) is 0.465. The molecule has 0 saturated heterocycles. The molecule has 0 heterocycles. The van der Waals surface area contributed by atoms with Crippen LogP contribution in [0.2, 0.25) is 0 Å². The van der Waals surface area contributed by atoms with E-state index in [1.807, 2.05) is 0 Å². The zero-order chi connectivity index (χ0) is 22.8. The Morgan fingerprint density at radius 1 is 1.35 bits per heavy atom. The summed E-state index contributed by atoms with van der Waals surface area (Å²) < 4.78 is 6.01. The molecule has 1 unspecified atom stereocenters. The van der Waals surface area contributed by atoms with E-state index in [0.29, 0.717) is 25.4 Å². The van der Waals surface area contributed by atoms with Crippen molar-refractivity contribution in [2.45, 2.75) is 90.1 Å². The van der Waals surface area contributed by atoms with E-state index in [2.05, 4.69) is 50.5 Å². The highest BCUT2D eigenvalue weighted by molar-refractivity contribution is 5.40. The summed E-state index contributed by atoms with van der Waals surface area (Å²) in [4.78, 5) is 0. The van der Waals surface area contributed by atoms with Crippen molar-refractivity contribution in [1.29, 1.82) is 0 Å². The van der Waals surface area contributed by atoms with Crippen LogP contribution in [-0.2, 0) is 4.74 Å². The second kappa shape index (κ2) is 9.46. The molecule has 0 aromatic carbocycles. The van der Waals surface area contributed by atoms with Gasteiger partial charge in [0.25, 0.3) is 0 Å². The Kier molecular flexibility index (Phi) is 7.33. The predicted molar refractivity (Wildman–Crippen MR) is 124 cm³/mol. The van der Waals surface area contributed by atoms with Crippen LogP contribution in [0.25, 0.3) is 0 Å². The molecule has 3 aliphatic rings. The van der Waals surface area contributed by atoms with Crippen LogP contribution in [-0.4, -0.2) is 45.8 Å². The summed E-state index contributed by atoms with van der Waals surface area (Å²) in [5, 5.41) is 29.9. The van der Waals surface area contributed by atoms with Crippen LogP contribution in [0.4, 0.5) is 0 Å². The maximum atomic E-state index is 10.1. The van der Waals surface area contributed by atoms with Gasteiger partial charge in [-0.15, -0.1) is 0 Å². The molecule has 0 spiro atoms. The van der Waals surface area contributed by atoms with Gasteiger partial charge in [-0.1, -0.05) is 49.1 Å². The Hall–Kier alpha value is -1.64. The molecule has 2 saturated carbocycles. The lowest BCUT2D eigenvalue weighted by molar-refractivity contribution is 0.0860. The molecule has 0 amide bonds. The highest BCUT2D eigenvalue weighted by atomic mass is 16.5. The van der Waals surface area contributed by atoms with Gasteiger partial charge in [0.05, 0.1) is 18.3 Å². The third-order valence-corrected chi connectivity index (χ3v) is 7.11. The molecule has 0 aromatic rings. The molecular weight excluding hydrogens is 388 g/mol. The number of hydrogen-bond donors (Lipinski definition) is 3. The van der Waals surface area contributed by atoms with Crippen molar-refractivity contribution in [3.8, 4) is 11.8 Å². The molecule has 0 bridgehead atoms. The normalized spacial score (nSPS) is 34.9. The van der Waals surface area contributed by atoms with Crippen molar-refractivity contribution in [2.24, 2.45) is 11.3 Å². The van der Waals surface area contributed by atoms with Gasteiger partial charge in [-0.05, 0) is 80.9 Å². The van der Waals surface area contributed by atoms with Crippen molar-refractivity contribution < 1.29 is 20.1 Å². The predicted octanol–water partition coefficient (Wildman–Crippen LogP) is 4.23. The molecule has 4 heteroatoms. The van der Waals surface area contributed by atoms with Gasteiger partial charge in [0.15, 0.2) is 0 Å². The molecule has 2 fully saturated rings. The van der Waals surface area contributed by atoms with Gasteiger partial charge in [-0.25, -0.2) is 0 Å². The summed E-state index contributed by atoms with van der Waals surface area (Å²) >= 11 is 0. The zero-order valence-electron chi connectivity index (χ0n) is 19.4. The number of hydrogen-bond acceptors (Lipinski definition) is 4. The highest BCUT2D eigenvalue weighted by Gasteiger charge is 2.46. The van der Waals surface area contributed by atoms with Gasteiger partial charge in [-0.2, -0.15) is 0 Å². The monoisotopic (exact) mass is 426 g/mol. The van der Waals surface area contributed by atoms with Gasteiger partial charge in [0, 0.05) is 6.42 Å². The van der Waals surface area contributed by atoms with Crippen molar-refractivity contribution >= 4 is 0 Å². The lowest BCUT2D eigenvalue weighted by Crippen LogP contribution is -2.34. The Morgan fingerprint density at radius 3 is 2.81 bits per heavy atom. The summed E-state index contributed by atoms with van der Waals surface area (Å²) in [6.45, 7) is 12.1. The maximum absolute atomic E-state index is 10.1. The molecule has 170 valence electrons. The van der Waals surface area contributed by atoms with Gasteiger partial charge in [0.2, 0.25) is 0 Å². The third-order valence-electron chi connectivity index (χ3n) is 7.11.